The lowest BCUT2D eigenvalue weighted by Gasteiger charge is -2.26. The minimum Gasteiger partial charge on any atom is -0.478 e. The first-order valence-corrected chi connectivity index (χ1v) is 8.24. The van der Waals surface area contributed by atoms with Crippen molar-refractivity contribution in [2.24, 2.45) is 0 Å². The summed E-state index contributed by atoms with van der Waals surface area (Å²) in [6.07, 6.45) is 1.67. The van der Waals surface area contributed by atoms with Crippen molar-refractivity contribution < 1.29 is 13.9 Å². The quantitative estimate of drug-likeness (QED) is 0.831. The molecule has 128 valence electrons. The van der Waals surface area contributed by atoms with Crippen molar-refractivity contribution in [1.29, 1.82) is 0 Å². The summed E-state index contributed by atoms with van der Waals surface area (Å²) in [5.74, 6) is -0.118. The Bertz CT molecular complexity index is 686. The van der Waals surface area contributed by atoms with Gasteiger partial charge in [-0.15, -0.1) is 0 Å². The first-order valence-electron chi connectivity index (χ1n) is 8.24. The van der Waals surface area contributed by atoms with Crippen LogP contribution < -0.4 is 10.1 Å². The van der Waals surface area contributed by atoms with Crippen LogP contribution in [-0.4, -0.2) is 11.5 Å². The molecule has 1 amide bonds. The molecule has 0 heterocycles. The van der Waals surface area contributed by atoms with Gasteiger partial charge in [0.25, 0.3) is 5.91 Å². The van der Waals surface area contributed by atoms with Gasteiger partial charge in [-0.1, -0.05) is 32.0 Å². The summed E-state index contributed by atoms with van der Waals surface area (Å²) in [6, 6.07) is 11.7. The molecule has 1 N–H and O–H groups in total. The van der Waals surface area contributed by atoms with Crippen LogP contribution in [0.1, 0.15) is 38.8 Å². The molecule has 2 aromatic carbocycles. The van der Waals surface area contributed by atoms with Crippen LogP contribution >= 0.6 is 0 Å². The van der Waals surface area contributed by atoms with E-state index in [-0.39, 0.29) is 11.7 Å². The number of para-hydroxylation sites is 1. The van der Waals surface area contributed by atoms with Crippen molar-refractivity contribution in [3.8, 4) is 5.75 Å². The molecule has 2 rings (SSSR count). The number of ether oxygens (including phenoxy) is 1. The van der Waals surface area contributed by atoms with Crippen molar-refractivity contribution in [3.05, 3.63) is 59.4 Å². The fourth-order valence-electron chi connectivity index (χ4n) is 2.51. The van der Waals surface area contributed by atoms with E-state index in [9.17, 15) is 9.18 Å². The highest BCUT2D eigenvalue weighted by Crippen LogP contribution is 2.25. The van der Waals surface area contributed by atoms with Gasteiger partial charge in [-0.25, -0.2) is 4.39 Å². The fraction of sp³-hybridized carbons (Fsp3) is 0.350. The van der Waals surface area contributed by atoms with E-state index in [0.29, 0.717) is 5.75 Å². The van der Waals surface area contributed by atoms with Gasteiger partial charge in [0.15, 0.2) is 5.60 Å². The smallest absolute Gasteiger partial charge is 0.267 e. The number of nitrogens with one attached hydrogen (secondary N) is 1. The Balaban J connectivity index is 2.20. The third-order valence-corrected chi connectivity index (χ3v) is 3.97. The van der Waals surface area contributed by atoms with Gasteiger partial charge in [-0.3, -0.25) is 4.79 Å². The van der Waals surface area contributed by atoms with E-state index in [1.165, 1.54) is 24.3 Å². The van der Waals surface area contributed by atoms with Crippen LogP contribution in [0.3, 0.4) is 0 Å². The zero-order chi connectivity index (χ0) is 17.7. The summed E-state index contributed by atoms with van der Waals surface area (Å²) >= 11 is 0. The Morgan fingerprint density at radius 2 is 1.58 bits per heavy atom. The first-order chi connectivity index (χ1) is 11.4. The standard InChI is InChI=1S/C20H24FNO2/c1-5-14-8-7-9-15(6-2)18(14)22-19(23)20(3,4)24-17-12-10-16(21)11-13-17/h7-13H,5-6H2,1-4H3,(H,22,23). The monoisotopic (exact) mass is 329 g/mol. The number of carbonyl (C=O) groups is 1. The Hall–Kier alpha value is -2.36. The van der Waals surface area contributed by atoms with E-state index < -0.39 is 5.60 Å². The molecule has 3 nitrogen and oxygen atoms in total. The maximum absolute atomic E-state index is 13.0. The number of anilines is 1. The number of carbonyl (C=O) groups excluding carboxylic acids is 1. The molecule has 2 aromatic rings. The molecule has 0 atom stereocenters. The molecule has 0 fully saturated rings. The van der Waals surface area contributed by atoms with E-state index >= 15 is 0 Å². The molecule has 0 aliphatic carbocycles. The van der Waals surface area contributed by atoms with E-state index in [0.717, 1.165) is 29.7 Å². The largest absolute Gasteiger partial charge is 0.478 e. The fourth-order valence-corrected chi connectivity index (χ4v) is 2.51. The van der Waals surface area contributed by atoms with Crippen molar-refractivity contribution in [2.45, 2.75) is 46.1 Å². The van der Waals surface area contributed by atoms with Gasteiger partial charge in [0, 0.05) is 5.69 Å². The van der Waals surface area contributed by atoms with Gasteiger partial charge in [0.2, 0.25) is 0 Å². The lowest BCUT2D eigenvalue weighted by molar-refractivity contribution is -0.128. The predicted molar refractivity (Wildman–Crippen MR) is 94.9 cm³/mol. The average Bonchev–Trinajstić information content (AvgIpc) is 2.56. The highest BCUT2D eigenvalue weighted by atomic mass is 19.1. The normalized spacial score (nSPS) is 11.2. The predicted octanol–water partition coefficient (Wildman–Crippen LogP) is 4.75. The Labute approximate surface area is 142 Å². The number of aryl methyl sites for hydroxylation is 2. The van der Waals surface area contributed by atoms with Crippen LogP contribution in [0.4, 0.5) is 10.1 Å². The second kappa shape index (κ2) is 7.47. The third kappa shape index (κ3) is 4.13. The number of hydrogen-bond donors (Lipinski definition) is 1. The first kappa shape index (κ1) is 18.0. The number of amides is 1. The third-order valence-electron chi connectivity index (χ3n) is 3.97. The maximum atomic E-state index is 13.0. The molecule has 0 bridgehead atoms. The van der Waals surface area contributed by atoms with E-state index in [1.807, 2.05) is 18.2 Å². The van der Waals surface area contributed by atoms with Crippen LogP contribution in [0.15, 0.2) is 42.5 Å². The molecular formula is C20H24FNO2. The van der Waals surface area contributed by atoms with Gasteiger partial charge < -0.3 is 10.1 Å². The summed E-state index contributed by atoms with van der Waals surface area (Å²) in [4.78, 5) is 12.7. The van der Waals surface area contributed by atoms with E-state index in [2.05, 4.69) is 19.2 Å². The Morgan fingerprint density at radius 3 is 2.08 bits per heavy atom. The van der Waals surface area contributed by atoms with Gasteiger partial charge in [0.05, 0.1) is 0 Å². The maximum Gasteiger partial charge on any atom is 0.267 e. The van der Waals surface area contributed by atoms with Crippen LogP contribution in [-0.2, 0) is 17.6 Å². The van der Waals surface area contributed by atoms with E-state index in [4.69, 9.17) is 4.74 Å². The minimum atomic E-state index is -1.08. The van der Waals surface area contributed by atoms with Crippen molar-refractivity contribution >= 4 is 11.6 Å². The average molecular weight is 329 g/mol. The SMILES string of the molecule is CCc1cccc(CC)c1NC(=O)C(C)(C)Oc1ccc(F)cc1. The Kier molecular flexibility index (Phi) is 5.60. The molecule has 0 aliphatic heterocycles. The second-order valence-corrected chi connectivity index (χ2v) is 6.18. The summed E-state index contributed by atoms with van der Waals surface area (Å²) < 4.78 is 18.8. The summed E-state index contributed by atoms with van der Waals surface area (Å²) in [5, 5.41) is 3.01. The van der Waals surface area contributed by atoms with Crippen LogP contribution in [0.2, 0.25) is 0 Å². The van der Waals surface area contributed by atoms with Gasteiger partial charge in [-0.05, 0) is 62.1 Å². The molecule has 0 aromatic heterocycles. The second-order valence-electron chi connectivity index (χ2n) is 6.18. The molecule has 4 heteroatoms. The van der Waals surface area contributed by atoms with Crippen molar-refractivity contribution in [2.75, 3.05) is 5.32 Å². The zero-order valence-corrected chi connectivity index (χ0v) is 14.7. The van der Waals surface area contributed by atoms with Crippen LogP contribution in [0.25, 0.3) is 0 Å². The molecule has 0 unspecified atom stereocenters. The molecule has 0 saturated carbocycles. The summed E-state index contributed by atoms with van der Waals surface area (Å²) in [5.41, 5.74) is 1.98. The molecule has 0 spiro atoms. The lowest BCUT2D eigenvalue weighted by atomic mass is 10.0. The topological polar surface area (TPSA) is 38.3 Å². The molecule has 0 saturated heterocycles. The highest BCUT2D eigenvalue weighted by molar-refractivity contribution is 5.98. The number of halogens is 1. The Morgan fingerprint density at radius 1 is 1.04 bits per heavy atom. The van der Waals surface area contributed by atoms with Crippen molar-refractivity contribution in [1.82, 2.24) is 0 Å². The van der Waals surface area contributed by atoms with Crippen LogP contribution in [0, 0.1) is 5.82 Å². The number of hydrogen-bond acceptors (Lipinski definition) is 2. The highest BCUT2D eigenvalue weighted by Gasteiger charge is 2.31. The van der Waals surface area contributed by atoms with Crippen molar-refractivity contribution in [3.63, 3.8) is 0 Å². The number of rotatable bonds is 6. The molecule has 24 heavy (non-hydrogen) atoms. The molecule has 0 radical (unpaired) electrons. The van der Waals surface area contributed by atoms with Gasteiger partial charge in [-0.2, -0.15) is 0 Å². The molecule has 0 aliphatic rings. The molecular weight excluding hydrogens is 305 g/mol. The van der Waals surface area contributed by atoms with Crippen LogP contribution in [0.5, 0.6) is 5.75 Å². The number of benzene rings is 2. The minimum absolute atomic E-state index is 0.234. The zero-order valence-electron chi connectivity index (χ0n) is 14.7. The van der Waals surface area contributed by atoms with E-state index in [1.54, 1.807) is 13.8 Å². The van der Waals surface area contributed by atoms with Gasteiger partial charge >= 0.3 is 0 Å². The summed E-state index contributed by atoms with van der Waals surface area (Å²) in [7, 11) is 0. The van der Waals surface area contributed by atoms with Gasteiger partial charge in [0.1, 0.15) is 11.6 Å². The lowest BCUT2D eigenvalue weighted by Crippen LogP contribution is -2.42. The summed E-state index contributed by atoms with van der Waals surface area (Å²) in [6.45, 7) is 7.52.